The highest BCUT2D eigenvalue weighted by Gasteiger charge is 2.79. The molecule has 0 N–H and O–H groups in total. The number of Topliss-reactive ketones (excluding diaryl/α,β-unsaturated/α-hetero) is 2. The Labute approximate surface area is 196 Å². The standard InChI is InChI=1S/C27H38O6/c1-14-13-18-24(6)11-10-19(33-16(3)28)23(4,5)17(24)9-12-25(18,7)27(22(31)32)21(30)15(2)20(29)26(14,27)8/h13,15,17-19H,9-12H2,1-8H3,(H,31,32)/p-1/t15?,17-,18+,19+,24-,25+,26+,27-/m1/s1. The number of allylic oxidation sites excluding steroid dienone is 2. The van der Waals surface area contributed by atoms with Gasteiger partial charge >= 0.3 is 5.97 Å². The summed E-state index contributed by atoms with van der Waals surface area (Å²) >= 11 is 0. The zero-order valence-corrected chi connectivity index (χ0v) is 21.2. The largest absolute Gasteiger partial charge is 0.549 e. The Morgan fingerprint density at radius 3 is 2.18 bits per heavy atom. The fraction of sp³-hybridized carbons (Fsp3) is 0.778. The summed E-state index contributed by atoms with van der Waals surface area (Å²) in [5.74, 6) is -3.52. The van der Waals surface area contributed by atoms with E-state index in [9.17, 15) is 24.3 Å². The van der Waals surface area contributed by atoms with Crippen molar-refractivity contribution in [2.24, 2.45) is 44.8 Å². The second-order valence-electron chi connectivity index (χ2n) is 12.4. The zero-order valence-electron chi connectivity index (χ0n) is 21.2. The molecule has 0 aliphatic heterocycles. The Morgan fingerprint density at radius 1 is 1.03 bits per heavy atom. The van der Waals surface area contributed by atoms with Crippen molar-refractivity contribution in [1.82, 2.24) is 0 Å². The van der Waals surface area contributed by atoms with E-state index in [0.717, 1.165) is 6.42 Å². The molecule has 33 heavy (non-hydrogen) atoms. The Hall–Kier alpha value is -1.98. The summed E-state index contributed by atoms with van der Waals surface area (Å²) in [6.45, 7) is 14.8. The molecule has 3 saturated carbocycles. The number of ketones is 2. The maximum atomic E-state index is 13.8. The minimum absolute atomic E-state index is 0.165. The zero-order chi connectivity index (χ0) is 24.9. The van der Waals surface area contributed by atoms with Crippen molar-refractivity contribution >= 4 is 23.5 Å². The summed E-state index contributed by atoms with van der Waals surface area (Å²) in [6, 6.07) is 0. The number of carbonyl (C=O) groups is 4. The van der Waals surface area contributed by atoms with E-state index in [1.54, 1.807) is 13.8 Å². The molecular weight excluding hydrogens is 420 g/mol. The van der Waals surface area contributed by atoms with Gasteiger partial charge in [-0.25, -0.2) is 0 Å². The van der Waals surface area contributed by atoms with Gasteiger partial charge in [-0.1, -0.05) is 39.3 Å². The number of hydrogen-bond donors (Lipinski definition) is 0. The monoisotopic (exact) mass is 457 g/mol. The molecule has 0 radical (unpaired) electrons. The second kappa shape index (κ2) is 6.79. The first-order chi connectivity index (χ1) is 15.0. The van der Waals surface area contributed by atoms with Gasteiger partial charge in [0.05, 0.1) is 22.7 Å². The lowest BCUT2D eigenvalue weighted by atomic mass is 9.34. The van der Waals surface area contributed by atoms with Crippen molar-refractivity contribution in [3.8, 4) is 0 Å². The van der Waals surface area contributed by atoms with Crippen LogP contribution in [0.1, 0.15) is 81.1 Å². The van der Waals surface area contributed by atoms with Crippen LogP contribution < -0.4 is 5.11 Å². The van der Waals surface area contributed by atoms with Crippen LogP contribution >= 0.6 is 0 Å². The molecule has 182 valence electrons. The van der Waals surface area contributed by atoms with E-state index < -0.39 is 33.9 Å². The molecule has 0 aromatic heterocycles. The molecule has 0 amide bonds. The van der Waals surface area contributed by atoms with Crippen LogP contribution in [0.25, 0.3) is 0 Å². The van der Waals surface area contributed by atoms with Gasteiger partial charge in [0.1, 0.15) is 6.10 Å². The summed E-state index contributed by atoms with van der Waals surface area (Å²) in [6.07, 6.45) is 4.52. The van der Waals surface area contributed by atoms with Crippen LogP contribution in [0.5, 0.6) is 0 Å². The van der Waals surface area contributed by atoms with Gasteiger partial charge in [0.15, 0.2) is 11.6 Å². The summed E-state index contributed by atoms with van der Waals surface area (Å²) in [7, 11) is 0. The third-order valence-electron chi connectivity index (χ3n) is 10.9. The van der Waals surface area contributed by atoms with Crippen molar-refractivity contribution in [2.45, 2.75) is 87.2 Å². The number of fused-ring (bicyclic) bond motifs is 5. The predicted octanol–water partition coefficient (Wildman–Crippen LogP) is 3.27. The number of rotatable bonds is 2. The third-order valence-corrected chi connectivity index (χ3v) is 10.9. The van der Waals surface area contributed by atoms with Crippen LogP contribution in [0.3, 0.4) is 0 Å². The summed E-state index contributed by atoms with van der Waals surface area (Å²) < 4.78 is 5.71. The molecular formula is C27H37O6-. The molecule has 0 bridgehead atoms. The summed E-state index contributed by atoms with van der Waals surface area (Å²) in [5, 5.41) is 13.1. The van der Waals surface area contributed by atoms with Crippen molar-refractivity contribution in [2.75, 3.05) is 0 Å². The van der Waals surface area contributed by atoms with E-state index in [1.807, 2.05) is 13.8 Å². The quantitative estimate of drug-likeness (QED) is 0.358. The lowest BCUT2D eigenvalue weighted by Crippen LogP contribution is -2.71. The van der Waals surface area contributed by atoms with Crippen molar-refractivity contribution in [3.05, 3.63) is 11.6 Å². The molecule has 0 spiro atoms. The van der Waals surface area contributed by atoms with E-state index in [2.05, 4.69) is 26.8 Å². The highest BCUT2D eigenvalue weighted by atomic mass is 16.5. The molecule has 8 atom stereocenters. The molecule has 4 aliphatic carbocycles. The van der Waals surface area contributed by atoms with E-state index in [-0.39, 0.29) is 40.5 Å². The fourth-order valence-electron chi connectivity index (χ4n) is 9.28. The first-order valence-electron chi connectivity index (χ1n) is 12.2. The number of hydrogen-bond acceptors (Lipinski definition) is 6. The number of aliphatic carboxylic acids is 1. The number of ether oxygens (including phenoxy) is 1. The van der Waals surface area contributed by atoms with Crippen LogP contribution in [0, 0.1) is 44.8 Å². The maximum absolute atomic E-state index is 13.8. The Kier molecular flexibility index (Phi) is 4.97. The molecule has 4 rings (SSSR count). The molecule has 3 fully saturated rings. The van der Waals surface area contributed by atoms with Crippen LogP contribution in [0.15, 0.2) is 11.6 Å². The minimum Gasteiger partial charge on any atom is -0.549 e. The predicted molar refractivity (Wildman–Crippen MR) is 119 cm³/mol. The van der Waals surface area contributed by atoms with Crippen molar-refractivity contribution < 1.29 is 29.0 Å². The minimum atomic E-state index is -1.88. The Morgan fingerprint density at radius 2 is 1.64 bits per heavy atom. The van der Waals surface area contributed by atoms with Crippen molar-refractivity contribution in [3.63, 3.8) is 0 Å². The molecule has 6 heteroatoms. The number of esters is 1. The topological polar surface area (TPSA) is 101 Å². The average Bonchev–Trinajstić information content (AvgIpc) is 2.86. The highest BCUT2D eigenvalue weighted by molar-refractivity contribution is 6.24. The van der Waals surface area contributed by atoms with Gasteiger partial charge in [-0.3, -0.25) is 14.4 Å². The highest BCUT2D eigenvalue weighted by Crippen LogP contribution is 2.76. The molecule has 1 unspecified atom stereocenters. The summed E-state index contributed by atoms with van der Waals surface area (Å²) in [5.41, 5.74) is -4.19. The fourth-order valence-corrected chi connectivity index (χ4v) is 9.28. The molecule has 6 nitrogen and oxygen atoms in total. The normalized spacial score (nSPS) is 48.3. The van der Waals surface area contributed by atoms with Gasteiger partial charge in [-0.05, 0) is 69.1 Å². The maximum Gasteiger partial charge on any atom is 0.302 e. The van der Waals surface area contributed by atoms with Gasteiger partial charge in [-0.15, -0.1) is 0 Å². The average molecular weight is 458 g/mol. The number of carboxylic acids is 1. The Bertz CT molecular complexity index is 993. The summed E-state index contributed by atoms with van der Waals surface area (Å²) in [4.78, 5) is 52.0. The van der Waals surface area contributed by atoms with E-state index in [0.29, 0.717) is 24.8 Å². The molecule has 0 saturated heterocycles. The molecule has 0 heterocycles. The van der Waals surface area contributed by atoms with Gasteiger partial charge in [0, 0.05) is 12.3 Å². The van der Waals surface area contributed by atoms with Crippen LogP contribution in [0.4, 0.5) is 0 Å². The van der Waals surface area contributed by atoms with Gasteiger partial charge in [-0.2, -0.15) is 0 Å². The van der Waals surface area contributed by atoms with Crippen molar-refractivity contribution in [1.29, 1.82) is 0 Å². The lowest BCUT2D eigenvalue weighted by Gasteiger charge is -2.69. The first-order valence-corrected chi connectivity index (χ1v) is 12.2. The van der Waals surface area contributed by atoms with Gasteiger partial charge in [0.2, 0.25) is 0 Å². The first kappa shape index (κ1) is 24.2. The lowest BCUT2D eigenvalue weighted by molar-refractivity contribution is -0.332. The van der Waals surface area contributed by atoms with Gasteiger partial charge in [0.25, 0.3) is 0 Å². The van der Waals surface area contributed by atoms with E-state index >= 15 is 0 Å². The second-order valence-corrected chi connectivity index (χ2v) is 12.4. The SMILES string of the molecule is CC(=O)O[C@H]1CC[C@]2(C)[C@H](CC[C@@]3(C)[C@H]2C=C(C)[C@@]2(C)C(=O)C(C)C(=O)[C@]23C(=O)[O-])C1(C)C. The molecule has 0 aromatic carbocycles. The van der Waals surface area contributed by atoms with Gasteiger partial charge < -0.3 is 14.6 Å². The van der Waals surface area contributed by atoms with E-state index in [4.69, 9.17) is 4.74 Å². The smallest absolute Gasteiger partial charge is 0.302 e. The van der Waals surface area contributed by atoms with Crippen LogP contribution in [-0.2, 0) is 23.9 Å². The third kappa shape index (κ3) is 2.45. The van der Waals surface area contributed by atoms with E-state index in [1.165, 1.54) is 6.92 Å². The Balaban J connectivity index is 1.93. The number of carbonyl (C=O) groups excluding carboxylic acids is 4. The molecule has 0 aromatic rings. The number of carboxylic acid groups (broad SMARTS) is 1. The van der Waals surface area contributed by atoms with Crippen LogP contribution in [0.2, 0.25) is 0 Å². The van der Waals surface area contributed by atoms with Crippen LogP contribution in [-0.4, -0.2) is 29.6 Å². The molecule has 4 aliphatic rings.